The van der Waals surface area contributed by atoms with Gasteiger partial charge in [-0.15, -0.1) is 0 Å². The van der Waals surface area contributed by atoms with Gasteiger partial charge in [-0.1, -0.05) is 37.6 Å². The number of unbranched alkanes of at least 4 members (excludes halogenated alkanes) is 1. The maximum atomic E-state index is 13.5. The number of amides is 1. The fourth-order valence-corrected chi connectivity index (χ4v) is 5.09. The summed E-state index contributed by atoms with van der Waals surface area (Å²) >= 11 is 0. The van der Waals surface area contributed by atoms with Gasteiger partial charge in [0.15, 0.2) is 5.96 Å². The highest BCUT2D eigenvalue weighted by molar-refractivity contribution is 7.89. The number of hydrogen-bond acceptors (Lipinski definition) is 5. The van der Waals surface area contributed by atoms with Crippen LogP contribution in [0.5, 0.6) is 0 Å². The van der Waals surface area contributed by atoms with Crippen molar-refractivity contribution in [2.75, 3.05) is 39.1 Å². The fourth-order valence-electron chi connectivity index (χ4n) is 3.65. The lowest BCUT2D eigenvalue weighted by Crippen LogP contribution is -2.47. The summed E-state index contributed by atoms with van der Waals surface area (Å²) in [5.41, 5.74) is 11.7. The molecular weight excluding hydrogens is 440 g/mol. The first-order valence-electron chi connectivity index (χ1n) is 11.1. The van der Waals surface area contributed by atoms with E-state index in [0.29, 0.717) is 24.9 Å². The third-order valence-electron chi connectivity index (χ3n) is 5.39. The predicted octanol–water partition coefficient (Wildman–Crippen LogP) is 1.86. The molecule has 2 rings (SSSR count). The summed E-state index contributed by atoms with van der Waals surface area (Å²) < 4.78 is 29.6. The normalized spacial score (nSPS) is 12.4. The minimum Gasteiger partial charge on any atom is -0.377 e. The number of rotatable bonds is 12. The Hall–Kier alpha value is -2.85. The molecule has 10 heteroatoms. The first-order valence-corrected chi connectivity index (χ1v) is 12.6. The predicted molar refractivity (Wildman–Crippen MR) is 135 cm³/mol. The maximum absolute atomic E-state index is 13.5. The van der Waals surface area contributed by atoms with Gasteiger partial charge in [0.1, 0.15) is 6.04 Å². The summed E-state index contributed by atoms with van der Waals surface area (Å²) in [6, 6.07) is 9.79. The average molecular weight is 477 g/mol. The number of carbonyl (C=O) groups is 1. The second kappa shape index (κ2) is 11.9. The Morgan fingerprint density at radius 2 is 1.73 bits per heavy atom. The number of nitrogens with two attached hydrogens (primary N) is 2. The summed E-state index contributed by atoms with van der Waals surface area (Å²) in [5.74, 6) is -0.308. The maximum Gasteiger partial charge on any atom is 0.241 e. The number of guanidine groups is 1. The third-order valence-corrected chi connectivity index (χ3v) is 6.92. The van der Waals surface area contributed by atoms with Crippen molar-refractivity contribution in [2.24, 2.45) is 16.5 Å². The number of nitrogens with zero attached hydrogens (tertiary/aromatic N) is 3. The molecule has 9 nitrogen and oxygen atoms in total. The highest BCUT2D eigenvalue weighted by atomic mass is 32.2. The largest absolute Gasteiger partial charge is 0.377 e. The Labute approximate surface area is 196 Å². The van der Waals surface area contributed by atoms with Gasteiger partial charge in [0.05, 0.1) is 4.90 Å². The van der Waals surface area contributed by atoms with Crippen molar-refractivity contribution >= 4 is 38.3 Å². The first-order chi connectivity index (χ1) is 15.6. The van der Waals surface area contributed by atoms with Crippen molar-refractivity contribution in [3.8, 4) is 0 Å². The zero-order chi connectivity index (χ0) is 24.6. The second-order valence-electron chi connectivity index (χ2n) is 8.26. The molecule has 0 aliphatic rings. The van der Waals surface area contributed by atoms with Crippen molar-refractivity contribution < 1.29 is 13.2 Å². The molecule has 1 atom stereocenters. The molecule has 0 saturated carbocycles. The van der Waals surface area contributed by atoms with E-state index in [9.17, 15) is 13.2 Å². The topological polar surface area (TPSA) is 134 Å². The van der Waals surface area contributed by atoms with E-state index < -0.39 is 16.1 Å². The van der Waals surface area contributed by atoms with Crippen LogP contribution in [0.3, 0.4) is 0 Å². The van der Waals surface area contributed by atoms with Crippen LogP contribution in [0, 0.1) is 0 Å². The molecule has 0 saturated heterocycles. The highest BCUT2D eigenvalue weighted by Gasteiger charge is 2.28. The SMILES string of the molecule is CCCCN(C)C(=O)[C@H](CCCN=C(N)N)NS(=O)(=O)c1cccc2c(N(C)C)cccc12. The summed E-state index contributed by atoms with van der Waals surface area (Å²) in [4.78, 5) is 20.7. The number of hydrogen-bond donors (Lipinski definition) is 3. The summed E-state index contributed by atoms with van der Waals surface area (Å²) in [7, 11) is 1.53. The summed E-state index contributed by atoms with van der Waals surface area (Å²) in [5, 5.41) is 1.42. The van der Waals surface area contributed by atoms with Gasteiger partial charge in [-0.05, 0) is 31.4 Å². The van der Waals surface area contributed by atoms with Gasteiger partial charge in [0, 0.05) is 50.7 Å². The fraction of sp³-hybridized carbons (Fsp3) is 0.478. The van der Waals surface area contributed by atoms with E-state index in [4.69, 9.17) is 11.5 Å². The smallest absolute Gasteiger partial charge is 0.241 e. The molecule has 0 heterocycles. The number of aliphatic imine (C=N–C) groups is 1. The molecule has 0 unspecified atom stereocenters. The molecule has 1 amide bonds. The zero-order valence-corrected chi connectivity index (χ0v) is 20.7. The lowest BCUT2D eigenvalue weighted by molar-refractivity contribution is -0.131. The Bertz CT molecular complexity index is 1080. The van der Waals surface area contributed by atoms with Crippen LogP contribution in [0.2, 0.25) is 0 Å². The summed E-state index contributed by atoms with van der Waals surface area (Å²) in [6.45, 7) is 2.91. The van der Waals surface area contributed by atoms with E-state index in [1.165, 1.54) is 0 Å². The molecule has 33 heavy (non-hydrogen) atoms. The van der Waals surface area contributed by atoms with Crippen molar-refractivity contribution in [1.82, 2.24) is 9.62 Å². The van der Waals surface area contributed by atoms with Crippen molar-refractivity contribution in [3.05, 3.63) is 36.4 Å². The van der Waals surface area contributed by atoms with Crippen LogP contribution in [0.1, 0.15) is 32.6 Å². The lowest BCUT2D eigenvalue weighted by Gasteiger charge is -2.25. The minimum atomic E-state index is -3.98. The average Bonchev–Trinajstić information content (AvgIpc) is 2.77. The van der Waals surface area contributed by atoms with E-state index in [1.54, 1.807) is 30.1 Å². The number of nitrogens with one attached hydrogen (secondary N) is 1. The molecule has 2 aromatic rings. The second-order valence-corrected chi connectivity index (χ2v) is 9.94. The highest BCUT2D eigenvalue weighted by Crippen LogP contribution is 2.30. The van der Waals surface area contributed by atoms with Gasteiger partial charge in [-0.2, -0.15) is 4.72 Å². The van der Waals surface area contributed by atoms with E-state index in [2.05, 4.69) is 9.71 Å². The lowest BCUT2D eigenvalue weighted by atomic mass is 10.1. The molecule has 182 valence electrons. The molecule has 0 aliphatic carbocycles. The van der Waals surface area contributed by atoms with Gasteiger partial charge < -0.3 is 21.3 Å². The third kappa shape index (κ3) is 7.06. The van der Waals surface area contributed by atoms with E-state index in [0.717, 1.165) is 23.9 Å². The Morgan fingerprint density at radius 3 is 2.36 bits per heavy atom. The molecule has 2 aromatic carbocycles. The van der Waals surface area contributed by atoms with Crippen LogP contribution in [0.25, 0.3) is 10.8 Å². The molecule has 0 bridgehead atoms. The standard InChI is InChI=1S/C23H36N6O3S/c1-5-6-16-29(4)22(30)19(12-9-15-26-23(24)25)27-33(31,32)21-14-8-10-17-18(21)11-7-13-20(17)28(2)3/h7-8,10-11,13-14,19,27H,5-6,9,12,15-16H2,1-4H3,(H4,24,25,26)/t19-/m0/s1. The number of carbonyl (C=O) groups excluding carboxylic acids is 1. The van der Waals surface area contributed by atoms with Gasteiger partial charge in [0.25, 0.3) is 0 Å². The van der Waals surface area contributed by atoms with Gasteiger partial charge in [-0.3, -0.25) is 9.79 Å². The molecule has 0 aliphatic heterocycles. The number of benzene rings is 2. The first kappa shape index (κ1) is 26.4. The van der Waals surface area contributed by atoms with Crippen LogP contribution < -0.4 is 21.1 Å². The molecule has 0 spiro atoms. The number of sulfonamides is 1. The Morgan fingerprint density at radius 1 is 1.06 bits per heavy atom. The van der Waals surface area contributed by atoms with Crippen molar-refractivity contribution in [3.63, 3.8) is 0 Å². The Balaban J connectivity index is 2.38. The van der Waals surface area contributed by atoms with Gasteiger partial charge >= 0.3 is 0 Å². The Kier molecular flexibility index (Phi) is 9.48. The van der Waals surface area contributed by atoms with Crippen LogP contribution in [-0.4, -0.2) is 65.5 Å². The van der Waals surface area contributed by atoms with Crippen LogP contribution >= 0.6 is 0 Å². The van der Waals surface area contributed by atoms with Crippen LogP contribution in [0.4, 0.5) is 5.69 Å². The number of likely N-dealkylation sites (N-methyl/N-ethyl adjacent to an activating group) is 1. The van der Waals surface area contributed by atoms with Gasteiger partial charge in [-0.25, -0.2) is 8.42 Å². The summed E-state index contributed by atoms with van der Waals surface area (Å²) in [6.07, 6.45) is 2.51. The van der Waals surface area contributed by atoms with Crippen molar-refractivity contribution in [2.45, 2.75) is 43.5 Å². The molecule has 0 radical (unpaired) electrons. The molecule has 0 aromatic heterocycles. The molecule has 5 N–H and O–H groups in total. The van der Waals surface area contributed by atoms with E-state index >= 15 is 0 Å². The molecule has 0 fully saturated rings. The molecular formula is C23H36N6O3S. The number of anilines is 1. The van der Waals surface area contributed by atoms with E-state index in [1.807, 2.05) is 44.1 Å². The quantitative estimate of drug-likeness (QED) is 0.243. The zero-order valence-electron chi connectivity index (χ0n) is 19.9. The van der Waals surface area contributed by atoms with Crippen molar-refractivity contribution in [1.29, 1.82) is 0 Å². The minimum absolute atomic E-state index is 0.0361. The number of fused-ring (bicyclic) bond motifs is 1. The van der Waals surface area contributed by atoms with Crippen LogP contribution in [-0.2, 0) is 14.8 Å². The van der Waals surface area contributed by atoms with Gasteiger partial charge in [0.2, 0.25) is 15.9 Å². The monoisotopic (exact) mass is 476 g/mol. The van der Waals surface area contributed by atoms with E-state index in [-0.39, 0.29) is 23.2 Å². The van der Waals surface area contributed by atoms with Crippen LogP contribution in [0.15, 0.2) is 46.3 Å².